The summed E-state index contributed by atoms with van der Waals surface area (Å²) in [7, 11) is 0. The number of hydrogen-bond acceptors (Lipinski definition) is 2. The molecule has 1 aliphatic heterocycles. The van der Waals surface area contributed by atoms with Gasteiger partial charge in [-0.15, -0.1) is 10.3 Å². The van der Waals surface area contributed by atoms with Crippen molar-refractivity contribution in [3.05, 3.63) is 24.5 Å². The van der Waals surface area contributed by atoms with Crippen molar-refractivity contribution in [1.29, 1.82) is 0 Å². The van der Waals surface area contributed by atoms with Crippen LogP contribution in [-0.4, -0.2) is 22.7 Å². The second-order valence-corrected chi connectivity index (χ2v) is 4.65. The van der Waals surface area contributed by atoms with E-state index < -0.39 is 11.1 Å². The Kier molecular flexibility index (Phi) is 2.74. The Labute approximate surface area is 85.6 Å². The third-order valence-electron chi connectivity index (χ3n) is 2.70. The monoisotopic (exact) mass is 196 g/mol. The van der Waals surface area contributed by atoms with E-state index in [0.29, 0.717) is 6.61 Å². The van der Waals surface area contributed by atoms with Crippen molar-refractivity contribution in [2.45, 2.75) is 38.8 Å². The van der Waals surface area contributed by atoms with E-state index in [0.717, 1.165) is 10.6 Å². The molecule has 79 valence electrons. The van der Waals surface area contributed by atoms with Crippen LogP contribution in [0.4, 0.5) is 0 Å². The molecular formula is C11H18NO2. The molecule has 0 atom stereocenters. The van der Waals surface area contributed by atoms with Crippen LogP contribution in [0.1, 0.15) is 27.7 Å². The highest BCUT2D eigenvalue weighted by Gasteiger charge is 2.46. The zero-order chi connectivity index (χ0) is 11.0. The summed E-state index contributed by atoms with van der Waals surface area (Å²) >= 11 is 0. The molecule has 1 radical (unpaired) electrons. The fourth-order valence-corrected chi connectivity index (χ4v) is 1.88. The average molecular weight is 196 g/mol. The smallest absolute Gasteiger partial charge is 0.110 e. The average Bonchev–Trinajstić information content (AvgIpc) is 2.23. The molecule has 0 aromatic carbocycles. The van der Waals surface area contributed by atoms with Crippen molar-refractivity contribution in [2.75, 3.05) is 6.61 Å². The van der Waals surface area contributed by atoms with Gasteiger partial charge in [-0.25, -0.2) is 0 Å². The predicted octanol–water partition coefficient (Wildman–Crippen LogP) is 2.29. The maximum absolute atomic E-state index is 11.9. The molecule has 3 nitrogen and oxygen atoms in total. The van der Waals surface area contributed by atoms with Gasteiger partial charge in [0.2, 0.25) is 0 Å². The van der Waals surface area contributed by atoms with Crippen LogP contribution in [0.15, 0.2) is 24.5 Å². The topological polar surface area (TPSA) is 32.4 Å². The van der Waals surface area contributed by atoms with E-state index in [9.17, 15) is 5.21 Å². The second kappa shape index (κ2) is 3.41. The summed E-state index contributed by atoms with van der Waals surface area (Å²) in [4.78, 5) is 0. The van der Waals surface area contributed by atoms with E-state index in [1.165, 1.54) is 6.26 Å². The van der Waals surface area contributed by atoms with E-state index in [2.05, 4.69) is 6.58 Å². The van der Waals surface area contributed by atoms with Crippen LogP contribution >= 0.6 is 0 Å². The lowest BCUT2D eigenvalue weighted by Gasteiger charge is -2.33. The number of hydrogen-bond donors (Lipinski definition) is 0. The van der Waals surface area contributed by atoms with Crippen LogP contribution in [-0.2, 0) is 9.94 Å². The van der Waals surface area contributed by atoms with Gasteiger partial charge in [0, 0.05) is 0 Å². The van der Waals surface area contributed by atoms with Crippen molar-refractivity contribution < 1.29 is 9.94 Å². The third kappa shape index (κ3) is 1.70. The zero-order valence-corrected chi connectivity index (χ0v) is 9.33. The number of hydroxylamine groups is 2. The van der Waals surface area contributed by atoms with Gasteiger partial charge < -0.3 is 4.74 Å². The summed E-state index contributed by atoms with van der Waals surface area (Å²) in [5.74, 6) is 0. The van der Waals surface area contributed by atoms with Gasteiger partial charge in [-0.05, 0) is 33.3 Å². The van der Waals surface area contributed by atoms with Crippen LogP contribution in [0.5, 0.6) is 0 Å². The van der Waals surface area contributed by atoms with Gasteiger partial charge in [-0.2, -0.15) is 0 Å². The van der Waals surface area contributed by atoms with Gasteiger partial charge in [0.05, 0.1) is 17.3 Å². The van der Waals surface area contributed by atoms with Gasteiger partial charge in [0.1, 0.15) is 6.61 Å². The Balaban J connectivity index is 2.88. The number of rotatable bonds is 3. The summed E-state index contributed by atoms with van der Waals surface area (Å²) in [5, 5.41) is 13.0. The molecule has 3 heteroatoms. The molecule has 0 unspecified atom stereocenters. The Bertz CT molecular complexity index is 266. The molecule has 1 aliphatic rings. The van der Waals surface area contributed by atoms with Crippen molar-refractivity contribution in [3.63, 3.8) is 0 Å². The first-order valence-corrected chi connectivity index (χ1v) is 4.74. The molecule has 0 fully saturated rings. The first kappa shape index (κ1) is 11.3. The highest BCUT2D eigenvalue weighted by Crippen LogP contribution is 2.38. The quantitative estimate of drug-likeness (QED) is 0.512. The molecule has 0 aliphatic carbocycles. The van der Waals surface area contributed by atoms with Crippen molar-refractivity contribution in [2.24, 2.45) is 0 Å². The minimum absolute atomic E-state index is 0.441. The third-order valence-corrected chi connectivity index (χ3v) is 2.70. The lowest BCUT2D eigenvalue weighted by Crippen LogP contribution is -2.47. The molecular weight excluding hydrogens is 178 g/mol. The van der Waals surface area contributed by atoms with Gasteiger partial charge in [-0.1, -0.05) is 12.7 Å². The zero-order valence-electron chi connectivity index (χ0n) is 9.33. The molecule has 0 aromatic heterocycles. The largest absolute Gasteiger partial charge is 0.497 e. The molecule has 1 rings (SSSR count). The van der Waals surface area contributed by atoms with Crippen LogP contribution in [0.25, 0.3) is 0 Å². The molecule has 14 heavy (non-hydrogen) atoms. The molecule has 0 spiro atoms. The summed E-state index contributed by atoms with van der Waals surface area (Å²) in [6, 6.07) is 0. The fraction of sp³-hybridized carbons (Fsp3) is 0.636. The normalized spacial score (nSPS) is 24.5. The minimum atomic E-state index is -0.480. The van der Waals surface area contributed by atoms with E-state index in [-0.39, 0.29) is 0 Å². The maximum Gasteiger partial charge on any atom is 0.110 e. The molecule has 0 saturated carbocycles. The van der Waals surface area contributed by atoms with Crippen molar-refractivity contribution >= 4 is 0 Å². The molecule has 0 bridgehead atoms. The summed E-state index contributed by atoms with van der Waals surface area (Å²) in [6.45, 7) is 11.6. The van der Waals surface area contributed by atoms with Gasteiger partial charge in [-0.3, -0.25) is 0 Å². The number of nitrogens with zero attached hydrogens (tertiary/aromatic N) is 1. The Morgan fingerprint density at radius 3 is 2.43 bits per heavy atom. The van der Waals surface area contributed by atoms with Crippen molar-refractivity contribution in [3.8, 4) is 0 Å². The lowest BCUT2D eigenvalue weighted by molar-refractivity contribution is -0.239. The van der Waals surface area contributed by atoms with Gasteiger partial charge in [0.15, 0.2) is 0 Å². The highest BCUT2D eigenvalue weighted by molar-refractivity contribution is 5.29. The van der Waals surface area contributed by atoms with Crippen LogP contribution in [0.2, 0.25) is 0 Å². The minimum Gasteiger partial charge on any atom is -0.497 e. The molecule has 0 N–H and O–H groups in total. The predicted molar refractivity (Wildman–Crippen MR) is 54.9 cm³/mol. The summed E-state index contributed by atoms with van der Waals surface area (Å²) in [5.41, 5.74) is 0.0907. The van der Waals surface area contributed by atoms with Crippen LogP contribution in [0, 0.1) is 0 Å². The Morgan fingerprint density at radius 2 is 2.07 bits per heavy atom. The second-order valence-electron chi connectivity index (χ2n) is 4.65. The van der Waals surface area contributed by atoms with Gasteiger partial charge >= 0.3 is 0 Å². The van der Waals surface area contributed by atoms with E-state index in [1.54, 1.807) is 0 Å². The molecule has 0 aromatic rings. The van der Waals surface area contributed by atoms with Crippen LogP contribution in [0.3, 0.4) is 0 Å². The lowest BCUT2D eigenvalue weighted by atomic mass is 9.97. The SMILES string of the molecule is C=COCC1=CC(C)(C)N([O])C1(C)C. The van der Waals surface area contributed by atoms with E-state index in [4.69, 9.17) is 4.74 Å². The molecule has 1 heterocycles. The van der Waals surface area contributed by atoms with E-state index in [1.807, 2.05) is 33.8 Å². The van der Waals surface area contributed by atoms with Crippen LogP contribution < -0.4 is 0 Å². The molecule has 0 amide bonds. The number of ether oxygens (including phenoxy) is 1. The van der Waals surface area contributed by atoms with Gasteiger partial charge in [0.25, 0.3) is 0 Å². The summed E-state index contributed by atoms with van der Waals surface area (Å²) < 4.78 is 5.12. The summed E-state index contributed by atoms with van der Waals surface area (Å²) in [6.07, 6.45) is 3.38. The standard InChI is InChI=1S/C11H18NO2/c1-6-14-8-9-7-10(2,3)12(13)11(9,4)5/h6-7H,1,8H2,2-5H3. The van der Waals surface area contributed by atoms with Crippen molar-refractivity contribution in [1.82, 2.24) is 5.06 Å². The first-order valence-electron chi connectivity index (χ1n) is 4.74. The Morgan fingerprint density at radius 1 is 1.50 bits per heavy atom. The maximum atomic E-state index is 11.9. The fourth-order valence-electron chi connectivity index (χ4n) is 1.88. The highest BCUT2D eigenvalue weighted by atomic mass is 16.5. The first-order chi connectivity index (χ1) is 6.32. The molecule has 0 saturated heterocycles. The van der Waals surface area contributed by atoms with E-state index >= 15 is 0 Å². The Hall–Kier alpha value is -0.800.